The summed E-state index contributed by atoms with van der Waals surface area (Å²) in [7, 11) is 0. The number of hydrogen-bond donors (Lipinski definition) is 2. The fraction of sp³-hybridized carbons (Fsp3) is 0.962. The smallest absolute Gasteiger partial charge is 0.303 e. The molecule has 0 aliphatic carbocycles. The van der Waals surface area contributed by atoms with E-state index in [9.17, 15) is 9.90 Å². The van der Waals surface area contributed by atoms with Crippen LogP contribution in [0.5, 0.6) is 0 Å². The molecule has 0 radical (unpaired) electrons. The first-order chi connectivity index (χ1) is 14.7. The zero-order valence-corrected chi connectivity index (χ0v) is 20.2. The van der Waals surface area contributed by atoms with Gasteiger partial charge in [0.25, 0.3) is 0 Å². The molecule has 180 valence electrons. The van der Waals surface area contributed by atoms with Gasteiger partial charge in [0.1, 0.15) is 0 Å². The van der Waals surface area contributed by atoms with Gasteiger partial charge in [-0.1, -0.05) is 110 Å². The first kappa shape index (κ1) is 29.4. The number of aliphatic hydroxyl groups excluding tert-OH is 1. The van der Waals surface area contributed by atoms with Crippen LogP contribution < -0.4 is 0 Å². The molecule has 0 bridgehead atoms. The fourth-order valence-electron chi connectivity index (χ4n) is 4.15. The summed E-state index contributed by atoms with van der Waals surface area (Å²) in [6.45, 7) is 5.66. The first-order valence-corrected chi connectivity index (χ1v) is 13.3. The third kappa shape index (κ3) is 23.7. The summed E-state index contributed by atoms with van der Waals surface area (Å²) in [4.78, 5) is 12.9. The zero-order valence-electron chi connectivity index (χ0n) is 20.2. The van der Waals surface area contributed by atoms with E-state index < -0.39 is 5.97 Å². The van der Waals surface area contributed by atoms with Crippen LogP contribution in [0.25, 0.3) is 0 Å². The molecule has 0 aromatic rings. The maximum atomic E-state index is 10.5. The molecule has 0 saturated carbocycles. The van der Waals surface area contributed by atoms with Crippen molar-refractivity contribution in [2.45, 2.75) is 135 Å². The molecule has 0 rings (SSSR count). The van der Waals surface area contributed by atoms with Gasteiger partial charge < -0.3 is 15.1 Å². The van der Waals surface area contributed by atoms with Crippen molar-refractivity contribution in [3.63, 3.8) is 0 Å². The Bertz CT molecular complexity index is 349. The van der Waals surface area contributed by atoms with Crippen molar-refractivity contribution in [2.24, 2.45) is 0 Å². The average molecular weight is 428 g/mol. The Morgan fingerprint density at radius 2 is 0.933 bits per heavy atom. The molecule has 0 aliphatic rings. The minimum absolute atomic E-state index is 0.277. The molecular formula is C26H53NO3. The Morgan fingerprint density at radius 1 is 0.567 bits per heavy atom. The minimum Gasteiger partial charge on any atom is -0.481 e. The topological polar surface area (TPSA) is 60.8 Å². The van der Waals surface area contributed by atoms with Crippen LogP contribution in [0.1, 0.15) is 135 Å². The maximum absolute atomic E-state index is 10.5. The van der Waals surface area contributed by atoms with Gasteiger partial charge in [-0.25, -0.2) is 0 Å². The third-order valence-corrected chi connectivity index (χ3v) is 6.11. The van der Waals surface area contributed by atoms with Gasteiger partial charge in [0.2, 0.25) is 0 Å². The summed E-state index contributed by atoms with van der Waals surface area (Å²) >= 11 is 0. The van der Waals surface area contributed by atoms with Crippen LogP contribution in [0.15, 0.2) is 0 Å². The summed E-state index contributed by atoms with van der Waals surface area (Å²) in [6.07, 6.45) is 24.8. The molecule has 0 amide bonds. The highest BCUT2D eigenvalue weighted by atomic mass is 16.4. The van der Waals surface area contributed by atoms with E-state index in [1.807, 2.05) is 0 Å². The molecular weight excluding hydrogens is 374 g/mol. The summed E-state index contributed by atoms with van der Waals surface area (Å²) in [5.74, 6) is -0.668. The molecule has 0 aromatic carbocycles. The summed E-state index contributed by atoms with van der Waals surface area (Å²) in [5.41, 5.74) is 0. The monoisotopic (exact) mass is 427 g/mol. The first-order valence-electron chi connectivity index (χ1n) is 13.3. The second kappa shape index (κ2) is 24.7. The predicted molar refractivity (Wildman–Crippen MR) is 129 cm³/mol. The Kier molecular flexibility index (Phi) is 24.2. The van der Waals surface area contributed by atoms with E-state index in [1.165, 1.54) is 109 Å². The molecule has 0 heterocycles. The summed E-state index contributed by atoms with van der Waals surface area (Å²) < 4.78 is 0. The maximum Gasteiger partial charge on any atom is 0.303 e. The van der Waals surface area contributed by atoms with Gasteiger partial charge in [-0.3, -0.25) is 4.79 Å². The van der Waals surface area contributed by atoms with Crippen LogP contribution in [0.3, 0.4) is 0 Å². The molecule has 0 atom stereocenters. The number of unbranched alkanes of at least 4 members (excludes halogenated alkanes) is 17. The highest BCUT2D eigenvalue weighted by molar-refractivity contribution is 5.66. The van der Waals surface area contributed by atoms with Crippen molar-refractivity contribution in [3.8, 4) is 0 Å². The van der Waals surface area contributed by atoms with E-state index in [1.54, 1.807) is 0 Å². The molecule has 4 heteroatoms. The lowest BCUT2D eigenvalue weighted by molar-refractivity contribution is -0.137. The number of rotatable bonds is 25. The van der Waals surface area contributed by atoms with Crippen molar-refractivity contribution in [3.05, 3.63) is 0 Å². The van der Waals surface area contributed by atoms with Crippen LogP contribution in [-0.4, -0.2) is 47.3 Å². The van der Waals surface area contributed by atoms with Gasteiger partial charge >= 0.3 is 5.97 Å². The molecule has 4 nitrogen and oxygen atoms in total. The molecule has 0 aromatic heterocycles. The average Bonchev–Trinajstić information content (AvgIpc) is 2.73. The van der Waals surface area contributed by atoms with Gasteiger partial charge in [0.05, 0.1) is 6.61 Å². The van der Waals surface area contributed by atoms with Gasteiger partial charge in [0.15, 0.2) is 0 Å². The van der Waals surface area contributed by atoms with E-state index in [0.717, 1.165) is 32.5 Å². The molecule has 0 unspecified atom stereocenters. The van der Waals surface area contributed by atoms with E-state index in [0.29, 0.717) is 6.42 Å². The fourth-order valence-corrected chi connectivity index (χ4v) is 4.15. The zero-order chi connectivity index (χ0) is 22.1. The Hall–Kier alpha value is -0.610. The third-order valence-electron chi connectivity index (χ3n) is 6.11. The van der Waals surface area contributed by atoms with Gasteiger partial charge in [-0.2, -0.15) is 0 Å². The highest BCUT2D eigenvalue weighted by Gasteiger charge is 2.04. The number of carboxylic acid groups (broad SMARTS) is 1. The highest BCUT2D eigenvalue weighted by Crippen LogP contribution is 2.12. The summed E-state index contributed by atoms with van der Waals surface area (Å²) in [6, 6.07) is 0. The van der Waals surface area contributed by atoms with Crippen LogP contribution in [0.2, 0.25) is 0 Å². The molecule has 0 aliphatic heterocycles. The van der Waals surface area contributed by atoms with Crippen LogP contribution in [-0.2, 0) is 4.79 Å². The van der Waals surface area contributed by atoms with Crippen LogP contribution in [0.4, 0.5) is 0 Å². The quantitative estimate of drug-likeness (QED) is 0.151. The molecule has 0 spiro atoms. The van der Waals surface area contributed by atoms with E-state index >= 15 is 0 Å². The van der Waals surface area contributed by atoms with Crippen molar-refractivity contribution >= 4 is 5.97 Å². The van der Waals surface area contributed by atoms with Crippen molar-refractivity contribution in [1.29, 1.82) is 0 Å². The second-order valence-electron chi connectivity index (χ2n) is 9.07. The van der Waals surface area contributed by atoms with Crippen molar-refractivity contribution < 1.29 is 15.0 Å². The van der Waals surface area contributed by atoms with E-state index in [-0.39, 0.29) is 6.61 Å². The molecule has 0 fully saturated rings. The Morgan fingerprint density at radius 3 is 1.30 bits per heavy atom. The lowest BCUT2D eigenvalue weighted by Crippen LogP contribution is -2.29. The van der Waals surface area contributed by atoms with Crippen molar-refractivity contribution in [2.75, 3.05) is 26.2 Å². The predicted octanol–water partition coefficient (Wildman–Crippen LogP) is 7.19. The van der Waals surface area contributed by atoms with Crippen molar-refractivity contribution in [1.82, 2.24) is 4.90 Å². The molecule has 30 heavy (non-hydrogen) atoms. The number of aliphatic hydroxyl groups is 1. The standard InChI is InChI=1S/C26H53NO3/c1-2-3-4-5-6-7-10-13-16-19-22-27(24-25-28)23-20-17-14-11-8-9-12-15-18-21-26(29)30/h28H,2-25H2,1H3,(H,29,30). The van der Waals surface area contributed by atoms with Gasteiger partial charge in [0, 0.05) is 13.0 Å². The van der Waals surface area contributed by atoms with E-state index in [4.69, 9.17) is 5.11 Å². The number of nitrogens with zero attached hydrogens (tertiary/aromatic N) is 1. The van der Waals surface area contributed by atoms with Crippen LogP contribution in [0, 0.1) is 0 Å². The normalized spacial score (nSPS) is 11.4. The molecule has 0 saturated heterocycles. The van der Waals surface area contributed by atoms with Gasteiger partial charge in [-0.05, 0) is 32.4 Å². The van der Waals surface area contributed by atoms with E-state index in [2.05, 4.69) is 11.8 Å². The largest absolute Gasteiger partial charge is 0.481 e. The van der Waals surface area contributed by atoms with Gasteiger partial charge in [-0.15, -0.1) is 0 Å². The summed E-state index contributed by atoms with van der Waals surface area (Å²) in [5, 5.41) is 17.9. The Balaban J connectivity index is 3.42. The SMILES string of the molecule is CCCCCCCCCCCCN(CCO)CCCCCCCCCCCC(=O)O. The Labute approximate surface area is 187 Å². The number of hydrogen-bond acceptors (Lipinski definition) is 3. The lowest BCUT2D eigenvalue weighted by atomic mass is 10.1. The minimum atomic E-state index is -0.668. The number of carbonyl (C=O) groups is 1. The molecule has 2 N–H and O–H groups in total. The number of carboxylic acids is 1. The lowest BCUT2D eigenvalue weighted by Gasteiger charge is -2.21. The number of aliphatic carboxylic acids is 1. The van der Waals surface area contributed by atoms with Crippen LogP contribution >= 0.6 is 0 Å². The second-order valence-corrected chi connectivity index (χ2v) is 9.07.